The van der Waals surface area contributed by atoms with E-state index in [0.29, 0.717) is 19.4 Å². The highest BCUT2D eigenvalue weighted by atomic mass is 32.1. The van der Waals surface area contributed by atoms with E-state index in [4.69, 9.17) is 0 Å². The first kappa shape index (κ1) is 14.0. The molecule has 21 heavy (non-hydrogen) atoms. The molecule has 0 spiro atoms. The molecule has 0 aromatic carbocycles. The van der Waals surface area contributed by atoms with Crippen molar-refractivity contribution in [3.63, 3.8) is 0 Å². The van der Waals surface area contributed by atoms with Gasteiger partial charge in [-0.3, -0.25) is 4.79 Å². The number of aromatic nitrogens is 3. The highest BCUT2D eigenvalue weighted by Crippen LogP contribution is 2.25. The van der Waals surface area contributed by atoms with E-state index in [0.717, 1.165) is 22.1 Å². The Bertz CT molecular complexity index is 688. The van der Waals surface area contributed by atoms with E-state index in [2.05, 4.69) is 25.6 Å². The van der Waals surface area contributed by atoms with Crippen LogP contribution in [-0.4, -0.2) is 27.4 Å². The number of amides is 1. The maximum Gasteiger partial charge on any atom is 0.226 e. The molecule has 1 amide bonds. The van der Waals surface area contributed by atoms with E-state index in [1.165, 1.54) is 0 Å². The van der Waals surface area contributed by atoms with Crippen molar-refractivity contribution in [2.45, 2.75) is 12.8 Å². The molecule has 0 aliphatic heterocycles. The summed E-state index contributed by atoms with van der Waals surface area (Å²) in [6, 6.07) is 2.04. The number of nitrogens with one attached hydrogen (secondary N) is 2. The molecule has 0 aliphatic carbocycles. The van der Waals surface area contributed by atoms with Gasteiger partial charge in [0.1, 0.15) is 10.8 Å². The highest BCUT2D eigenvalue weighted by Gasteiger charge is 2.09. The third-order valence-electron chi connectivity index (χ3n) is 2.90. The van der Waals surface area contributed by atoms with Crippen molar-refractivity contribution in [2.24, 2.45) is 0 Å². The number of thiophene rings is 1. The van der Waals surface area contributed by atoms with Crippen molar-refractivity contribution >= 4 is 28.6 Å². The van der Waals surface area contributed by atoms with Crippen molar-refractivity contribution in [2.75, 3.05) is 6.54 Å². The van der Waals surface area contributed by atoms with Gasteiger partial charge in [0.15, 0.2) is 0 Å². The molecular weight excluding hydrogens is 304 g/mol. The fourth-order valence-electron chi connectivity index (χ4n) is 1.89. The van der Waals surface area contributed by atoms with Gasteiger partial charge in [-0.05, 0) is 11.4 Å². The predicted octanol–water partition coefficient (Wildman–Crippen LogP) is 2.50. The second kappa shape index (κ2) is 6.64. The van der Waals surface area contributed by atoms with Gasteiger partial charge in [-0.25, -0.2) is 9.97 Å². The lowest BCUT2D eigenvalue weighted by Crippen LogP contribution is -2.27. The van der Waals surface area contributed by atoms with Crippen LogP contribution in [0.2, 0.25) is 0 Å². The molecule has 0 radical (unpaired) electrons. The highest BCUT2D eigenvalue weighted by molar-refractivity contribution is 7.14. The van der Waals surface area contributed by atoms with Crippen LogP contribution in [0.15, 0.2) is 34.6 Å². The summed E-state index contributed by atoms with van der Waals surface area (Å²) < 4.78 is 0. The Morgan fingerprint density at radius 3 is 3.10 bits per heavy atom. The van der Waals surface area contributed by atoms with E-state index < -0.39 is 0 Å². The molecule has 3 aromatic rings. The number of nitrogens with zero attached hydrogens (tertiary/aromatic N) is 2. The number of H-pyrrole nitrogens is 1. The first-order chi connectivity index (χ1) is 10.3. The Hall–Kier alpha value is -1.99. The van der Waals surface area contributed by atoms with Gasteiger partial charge >= 0.3 is 0 Å². The van der Waals surface area contributed by atoms with Crippen LogP contribution < -0.4 is 5.32 Å². The third-order valence-corrected chi connectivity index (χ3v) is 4.52. The first-order valence-electron chi connectivity index (χ1n) is 6.53. The average Bonchev–Trinajstić information content (AvgIpc) is 3.21. The SMILES string of the molecule is O=C(Cc1csc(-c2ccsc2)n1)NCCc1ncc[nH]1. The van der Waals surface area contributed by atoms with Crippen molar-refractivity contribution in [1.82, 2.24) is 20.3 Å². The van der Waals surface area contributed by atoms with Crippen molar-refractivity contribution in [1.29, 1.82) is 0 Å². The van der Waals surface area contributed by atoms with Crippen molar-refractivity contribution < 1.29 is 4.79 Å². The van der Waals surface area contributed by atoms with Crippen LogP contribution in [-0.2, 0) is 17.6 Å². The number of imidazole rings is 1. The maximum absolute atomic E-state index is 11.9. The summed E-state index contributed by atoms with van der Waals surface area (Å²) in [5.41, 5.74) is 1.94. The molecule has 0 aliphatic rings. The zero-order valence-corrected chi connectivity index (χ0v) is 12.8. The van der Waals surface area contributed by atoms with Crippen LogP contribution in [0.4, 0.5) is 0 Å². The summed E-state index contributed by atoms with van der Waals surface area (Å²) in [6.45, 7) is 0.577. The molecule has 108 valence electrons. The second-order valence-electron chi connectivity index (χ2n) is 4.47. The van der Waals surface area contributed by atoms with Gasteiger partial charge in [-0.2, -0.15) is 11.3 Å². The summed E-state index contributed by atoms with van der Waals surface area (Å²) >= 11 is 3.22. The zero-order chi connectivity index (χ0) is 14.5. The lowest BCUT2D eigenvalue weighted by atomic mass is 10.3. The molecule has 3 rings (SSSR count). The molecule has 2 N–H and O–H groups in total. The summed E-state index contributed by atoms with van der Waals surface area (Å²) in [6.07, 6.45) is 4.51. The van der Waals surface area contributed by atoms with Gasteiger partial charge in [-0.1, -0.05) is 0 Å². The van der Waals surface area contributed by atoms with Crippen LogP contribution >= 0.6 is 22.7 Å². The largest absolute Gasteiger partial charge is 0.355 e. The molecule has 5 nitrogen and oxygen atoms in total. The summed E-state index contributed by atoms with van der Waals surface area (Å²) in [7, 11) is 0. The number of carbonyl (C=O) groups excluding carboxylic acids is 1. The van der Waals surface area contributed by atoms with Gasteiger partial charge in [-0.15, -0.1) is 11.3 Å². The van der Waals surface area contributed by atoms with Gasteiger partial charge in [0.25, 0.3) is 0 Å². The van der Waals surface area contributed by atoms with Crippen molar-refractivity contribution in [3.8, 4) is 10.6 Å². The minimum absolute atomic E-state index is 0.0104. The van der Waals surface area contributed by atoms with Gasteiger partial charge < -0.3 is 10.3 Å². The number of rotatable bonds is 6. The normalized spacial score (nSPS) is 10.7. The lowest BCUT2D eigenvalue weighted by molar-refractivity contribution is -0.120. The van der Waals surface area contributed by atoms with E-state index in [1.807, 2.05) is 16.8 Å². The molecule has 0 fully saturated rings. The number of aromatic amines is 1. The average molecular weight is 318 g/mol. The maximum atomic E-state index is 11.9. The molecular formula is C14H14N4OS2. The van der Waals surface area contributed by atoms with Gasteiger partial charge in [0.2, 0.25) is 5.91 Å². The second-order valence-corrected chi connectivity index (χ2v) is 6.11. The molecule has 0 saturated heterocycles. The number of hydrogen-bond acceptors (Lipinski definition) is 5. The van der Waals surface area contributed by atoms with Crippen LogP contribution in [0.1, 0.15) is 11.5 Å². The Morgan fingerprint density at radius 1 is 1.38 bits per heavy atom. The minimum atomic E-state index is -0.0104. The Labute approximate surface area is 130 Å². The first-order valence-corrected chi connectivity index (χ1v) is 8.35. The smallest absolute Gasteiger partial charge is 0.226 e. The number of hydrogen-bond donors (Lipinski definition) is 2. The molecule has 7 heteroatoms. The van der Waals surface area contributed by atoms with Crippen LogP contribution in [0.25, 0.3) is 10.6 Å². The lowest BCUT2D eigenvalue weighted by Gasteiger charge is -2.02. The predicted molar refractivity (Wildman–Crippen MR) is 84.4 cm³/mol. The molecule has 0 bridgehead atoms. The van der Waals surface area contributed by atoms with Gasteiger partial charge in [0, 0.05) is 41.7 Å². The minimum Gasteiger partial charge on any atom is -0.355 e. The topological polar surface area (TPSA) is 70.7 Å². The summed E-state index contributed by atoms with van der Waals surface area (Å²) in [5, 5.41) is 9.88. The molecule has 0 atom stereocenters. The quantitative estimate of drug-likeness (QED) is 0.733. The van der Waals surface area contributed by atoms with Crippen LogP contribution in [0.5, 0.6) is 0 Å². The fourth-order valence-corrected chi connectivity index (χ4v) is 3.42. The third kappa shape index (κ3) is 3.77. The number of thiazole rings is 1. The Kier molecular flexibility index (Phi) is 4.42. The van der Waals surface area contributed by atoms with E-state index in [1.54, 1.807) is 35.1 Å². The van der Waals surface area contributed by atoms with Crippen molar-refractivity contribution in [3.05, 3.63) is 46.1 Å². The van der Waals surface area contributed by atoms with E-state index in [9.17, 15) is 4.79 Å². The number of carbonyl (C=O) groups is 1. The molecule has 0 saturated carbocycles. The summed E-state index contributed by atoms with van der Waals surface area (Å²) in [5.74, 6) is 0.868. The van der Waals surface area contributed by atoms with E-state index in [-0.39, 0.29) is 5.91 Å². The monoisotopic (exact) mass is 318 g/mol. The van der Waals surface area contributed by atoms with Gasteiger partial charge in [0.05, 0.1) is 12.1 Å². The Morgan fingerprint density at radius 2 is 2.33 bits per heavy atom. The molecule has 3 heterocycles. The molecule has 0 unspecified atom stereocenters. The Balaban J connectivity index is 1.48. The standard InChI is InChI=1S/C14H14N4OS2/c19-13(17-3-1-12-15-4-5-16-12)7-11-9-21-14(18-11)10-2-6-20-8-10/h2,4-6,8-9H,1,3,7H2,(H,15,16)(H,17,19). The molecule has 3 aromatic heterocycles. The van der Waals surface area contributed by atoms with Crippen LogP contribution in [0, 0.1) is 0 Å². The summed E-state index contributed by atoms with van der Waals surface area (Å²) in [4.78, 5) is 23.5. The fraction of sp³-hybridized carbons (Fsp3) is 0.214. The van der Waals surface area contributed by atoms with Crippen LogP contribution in [0.3, 0.4) is 0 Å². The van der Waals surface area contributed by atoms with E-state index >= 15 is 0 Å². The zero-order valence-electron chi connectivity index (χ0n) is 11.2.